The molecular formula is C14H17FO3S. The second kappa shape index (κ2) is 6.39. The summed E-state index contributed by atoms with van der Waals surface area (Å²) in [6.07, 6.45) is 1.95. The molecule has 1 aromatic rings. The third-order valence-electron chi connectivity index (χ3n) is 3.18. The van der Waals surface area contributed by atoms with E-state index in [-0.39, 0.29) is 17.1 Å². The molecule has 1 aromatic carbocycles. The average Bonchev–Trinajstić information content (AvgIpc) is 2.40. The number of ketones is 1. The van der Waals surface area contributed by atoms with Crippen LogP contribution in [0.2, 0.25) is 0 Å². The predicted molar refractivity (Wildman–Crippen MR) is 73.2 cm³/mol. The number of hydrogen-bond acceptors (Lipinski definition) is 4. The number of carbonyl (C=O) groups is 1. The van der Waals surface area contributed by atoms with Gasteiger partial charge >= 0.3 is 0 Å². The first-order chi connectivity index (χ1) is 9.08. The normalized spacial score (nSPS) is 16.5. The van der Waals surface area contributed by atoms with Crippen molar-refractivity contribution in [1.29, 1.82) is 0 Å². The van der Waals surface area contributed by atoms with Crippen LogP contribution >= 0.6 is 11.8 Å². The van der Waals surface area contributed by atoms with Crippen molar-refractivity contribution in [1.82, 2.24) is 0 Å². The second-order valence-corrected chi connectivity index (χ2v) is 5.93. The van der Waals surface area contributed by atoms with Gasteiger partial charge in [-0.05, 0) is 31.9 Å². The largest absolute Gasteiger partial charge is 0.507 e. The third kappa shape index (κ3) is 3.70. The highest BCUT2D eigenvalue weighted by Gasteiger charge is 2.17. The summed E-state index contributed by atoms with van der Waals surface area (Å²) in [4.78, 5) is 11.3. The lowest BCUT2D eigenvalue weighted by Gasteiger charge is -2.21. The number of hydrogen-bond donors (Lipinski definition) is 1. The molecule has 1 aliphatic rings. The highest BCUT2D eigenvalue weighted by atomic mass is 32.2. The van der Waals surface area contributed by atoms with E-state index in [0.29, 0.717) is 16.6 Å². The Hall–Kier alpha value is -1.07. The molecule has 1 heterocycles. The molecule has 5 heteroatoms. The lowest BCUT2D eigenvalue weighted by atomic mass is 10.1. The molecular weight excluding hydrogens is 267 g/mol. The van der Waals surface area contributed by atoms with Crippen LogP contribution in [0.1, 0.15) is 35.7 Å². The molecule has 0 unspecified atom stereocenters. The summed E-state index contributed by atoms with van der Waals surface area (Å²) in [7, 11) is 0. The summed E-state index contributed by atoms with van der Waals surface area (Å²) in [6, 6.07) is 2.38. The number of phenols is 1. The smallest absolute Gasteiger partial charge is 0.163 e. The Kier molecular flexibility index (Phi) is 4.82. The number of carbonyl (C=O) groups excluding carboxylic acids is 1. The quantitative estimate of drug-likeness (QED) is 0.863. The minimum absolute atomic E-state index is 0.0579. The number of Topliss-reactive ketones (excluding diaryl/α,β-unsaturated/α-hetero) is 1. The zero-order valence-electron chi connectivity index (χ0n) is 10.8. The van der Waals surface area contributed by atoms with Gasteiger partial charge in [0.05, 0.1) is 5.56 Å². The predicted octanol–water partition coefficient (Wildman–Crippen LogP) is 3.15. The van der Waals surface area contributed by atoms with E-state index in [1.165, 1.54) is 13.0 Å². The summed E-state index contributed by atoms with van der Waals surface area (Å²) < 4.78 is 18.7. The standard InChI is InChI=1S/C14H17FO3S/c1-9(16)13-7-11(15)6-10(14(13)17)8-19-12-2-4-18-5-3-12/h6-7,12,17H,2-5,8H2,1H3. The fourth-order valence-electron chi connectivity index (χ4n) is 2.08. The first-order valence-electron chi connectivity index (χ1n) is 6.29. The van der Waals surface area contributed by atoms with Crippen molar-refractivity contribution in [2.24, 2.45) is 0 Å². The first kappa shape index (κ1) is 14.3. The highest BCUT2D eigenvalue weighted by Crippen LogP contribution is 2.32. The molecule has 1 aliphatic heterocycles. The van der Waals surface area contributed by atoms with Gasteiger partial charge in [-0.3, -0.25) is 4.79 Å². The molecule has 1 N–H and O–H groups in total. The summed E-state index contributed by atoms with van der Waals surface area (Å²) >= 11 is 1.68. The number of ether oxygens (including phenoxy) is 1. The Labute approximate surface area is 116 Å². The highest BCUT2D eigenvalue weighted by molar-refractivity contribution is 7.99. The Morgan fingerprint density at radius 1 is 1.47 bits per heavy atom. The number of halogens is 1. The van der Waals surface area contributed by atoms with E-state index in [0.717, 1.165) is 32.1 Å². The van der Waals surface area contributed by atoms with Crippen molar-refractivity contribution in [3.05, 3.63) is 29.1 Å². The summed E-state index contributed by atoms with van der Waals surface area (Å²) in [5.74, 6) is -0.387. The van der Waals surface area contributed by atoms with Gasteiger partial charge in [0.1, 0.15) is 11.6 Å². The molecule has 0 spiro atoms. The van der Waals surface area contributed by atoms with Gasteiger partial charge < -0.3 is 9.84 Å². The molecule has 1 fully saturated rings. The van der Waals surface area contributed by atoms with Crippen molar-refractivity contribution in [2.45, 2.75) is 30.8 Å². The van der Waals surface area contributed by atoms with Crippen LogP contribution in [0, 0.1) is 5.82 Å². The molecule has 0 aromatic heterocycles. The van der Waals surface area contributed by atoms with Crippen molar-refractivity contribution in [3.63, 3.8) is 0 Å². The van der Waals surface area contributed by atoms with Crippen molar-refractivity contribution < 1.29 is 19.0 Å². The van der Waals surface area contributed by atoms with Crippen molar-refractivity contribution >= 4 is 17.5 Å². The molecule has 1 saturated heterocycles. The molecule has 19 heavy (non-hydrogen) atoms. The third-order valence-corrected chi connectivity index (χ3v) is 4.60. The van der Waals surface area contributed by atoms with Gasteiger partial charge in [-0.15, -0.1) is 0 Å². The number of thioether (sulfide) groups is 1. The first-order valence-corrected chi connectivity index (χ1v) is 7.34. The summed E-state index contributed by atoms with van der Waals surface area (Å²) in [5.41, 5.74) is 0.546. The molecule has 0 aliphatic carbocycles. The van der Waals surface area contributed by atoms with Gasteiger partial charge in [0.15, 0.2) is 5.78 Å². The van der Waals surface area contributed by atoms with Crippen LogP contribution in [-0.4, -0.2) is 29.4 Å². The Morgan fingerprint density at radius 3 is 2.79 bits per heavy atom. The molecule has 0 saturated carbocycles. The Balaban J connectivity index is 2.08. The molecule has 104 valence electrons. The van der Waals surface area contributed by atoms with Gasteiger partial charge in [0.2, 0.25) is 0 Å². The van der Waals surface area contributed by atoms with Gasteiger partial charge in [-0.25, -0.2) is 4.39 Å². The van der Waals surface area contributed by atoms with E-state index >= 15 is 0 Å². The van der Waals surface area contributed by atoms with Gasteiger partial charge in [0.25, 0.3) is 0 Å². The molecule has 2 rings (SSSR count). The maximum absolute atomic E-state index is 13.4. The molecule has 0 bridgehead atoms. The number of benzene rings is 1. The van der Waals surface area contributed by atoms with Crippen molar-refractivity contribution in [3.8, 4) is 5.75 Å². The van der Waals surface area contributed by atoms with E-state index in [9.17, 15) is 14.3 Å². The van der Waals surface area contributed by atoms with Gasteiger partial charge in [-0.1, -0.05) is 0 Å². The van der Waals surface area contributed by atoms with Crippen LogP contribution in [0.25, 0.3) is 0 Å². The van der Waals surface area contributed by atoms with Crippen LogP contribution in [0.4, 0.5) is 4.39 Å². The van der Waals surface area contributed by atoms with Gasteiger partial charge in [0, 0.05) is 29.8 Å². The minimum Gasteiger partial charge on any atom is -0.507 e. The van der Waals surface area contributed by atoms with Crippen LogP contribution in [0.5, 0.6) is 5.75 Å². The fourth-order valence-corrected chi connectivity index (χ4v) is 3.25. The fraction of sp³-hybridized carbons (Fsp3) is 0.500. The maximum Gasteiger partial charge on any atom is 0.163 e. The van der Waals surface area contributed by atoms with E-state index in [2.05, 4.69) is 0 Å². The molecule has 0 amide bonds. The average molecular weight is 284 g/mol. The number of phenolic OH excluding ortho intramolecular Hbond substituents is 1. The Morgan fingerprint density at radius 2 is 2.16 bits per heavy atom. The monoisotopic (exact) mass is 284 g/mol. The number of aromatic hydroxyl groups is 1. The molecule has 0 radical (unpaired) electrons. The maximum atomic E-state index is 13.4. The van der Waals surface area contributed by atoms with Crippen LogP contribution in [0.15, 0.2) is 12.1 Å². The topological polar surface area (TPSA) is 46.5 Å². The summed E-state index contributed by atoms with van der Waals surface area (Å²) in [5, 5.41) is 10.5. The van der Waals surface area contributed by atoms with Crippen LogP contribution in [-0.2, 0) is 10.5 Å². The summed E-state index contributed by atoms with van der Waals surface area (Å²) in [6.45, 7) is 2.83. The van der Waals surface area contributed by atoms with Crippen LogP contribution in [0.3, 0.4) is 0 Å². The van der Waals surface area contributed by atoms with E-state index < -0.39 is 5.82 Å². The SMILES string of the molecule is CC(=O)c1cc(F)cc(CSC2CCOCC2)c1O. The van der Waals surface area contributed by atoms with Crippen LogP contribution < -0.4 is 0 Å². The zero-order chi connectivity index (χ0) is 13.8. The van der Waals surface area contributed by atoms with E-state index in [4.69, 9.17) is 4.74 Å². The van der Waals surface area contributed by atoms with Crippen molar-refractivity contribution in [2.75, 3.05) is 13.2 Å². The van der Waals surface area contributed by atoms with Gasteiger partial charge in [-0.2, -0.15) is 11.8 Å². The van der Waals surface area contributed by atoms with E-state index in [1.54, 1.807) is 11.8 Å². The lowest BCUT2D eigenvalue weighted by molar-refractivity contribution is 0.0999. The zero-order valence-corrected chi connectivity index (χ0v) is 11.6. The molecule has 3 nitrogen and oxygen atoms in total. The number of rotatable bonds is 4. The minimum atomic E-state index is -0.481. The second-order valence-electron chi connectivity index (χ2n) is 4.64. The molecule has 0 atom stereocenters. The van der Waals surface area contributed by atoms with E-state index in [1.807, 2.05) is 0 Å². The Bertz CT molecular complexity index is 470. The lowest BCUT2D eigenvalue weighted by Crippen LogP contribution is -2.17.